The smallest absolute Gasteiger partial charge is 0.305 e. The zero-order valence-electron chi connectivity index (χ0n) is 8.35. The minimum atomic E-state index is -3.43. The average Bonchev–Trinajstić information content (AvgIpc) is 2.30. The lowest BCUT2D eigenvalue weighted by molar-refractivity contribution is -0.326. The highest BCUT2D eigenvalue weighted by Gasteiger charge is 2.39. The molecule has 0 aliphatic carbocycles. The van der Waals surface area contributed by atoms with Crippen LogP contribution in [0.25, 0.3) is 0 Å². The van der Waals surface area contributed by atoms with Crippen molar-refractivity contribution in [2.24, 2.45) is 0 Å². The third-order valence-electron chi connectivity index (χ3n) is 2.03. The molecule has 0 aromatic heterocycles. The first-order valence-corrected chi connectivity index (χ1v) is 5.00. The Balaban J connectivity index is 3.33. The number of alkyl halides is 1. The van der Waals surface area contributed by atoms with Gasteiger partial charge in [-0.15, -0.1) is 0 Å². The van der Waals surface area contributed by atoms with Gasteiger partial charge in [0.05, 0.1) is 0 Å². The number of hydrogen-bond donors (Lipinski definition) is 2. The van der Waals surface area contributed by atoms with Gasteiger partial charge in [0.15, 0.2) is 33.8 Å². The Bertz CT molecular complexity index is 440. The van der Waals surface area contributed by atoms with E-state index in [-0.39, 0.29) is 16.6 Å². The van der Waals surface area contributed by atoms with E-state index in [2.05, 4.69) is 4.43 Å². The molecule has 0 spiro atoms. The van der Waals surface area contributed by atoms with E-state index in [9.17, 15) is 22.0 Å². The predicted octanol–water partition coefficient (Wildman–Crippen LogP) is 0.189. The van der Waals surface area contributed by atoms with Crippen LogP contribution in [0.15, 0.2) is 6.07 Å². The standard InChI is InChI=1S/C8H7F5O3Si/c9-3-1-2(4(10)6(12)5(3)11)7(13)8(14,15)16-17/h1,7,14-15H,17H3. The molecule has 3 nitrogen and oxygen atoms in total. The van der Waals surface area contributed by atoms with Gasteiger partial charge in [-0.3, -0.25) is 0 Å². The number of hydrogen-bond acceptors (Lipinski definition) is 3. The van der Waals surface area contributed by atoms with Crippen LogP contribution in [0, 0.1) is 23.3 Å². The summed E-state index contributed by atoms with van der Waals surface area (Å²) in [6.45, 7) is 0. The molecule has 1 aromatic carbocycles. The second kappa shape index (κ2) is 4.68. The van der Waals surface area contributed by atoms with Crippen molar-refractivity contribution in [2.45, 2.75) is 12.1 Å². The van der Waals surface area contributed by atoms with Gasteiger partial charge < -0.3 is 14.6 Å². The monoisotopic (exact) mass is 274 g/mol. The minimum Gasteiger partial charge on any atom is -0.378 e. The van der Waals surface area contributed by atoms with Crippen LogP contribution in [-0.4, -0.2) is 26.7 Å². The summed E-state index contributed by atoms with van der Waals surface area (Å²) >= 11 is 0. The first-order valence-electron chi connectivity index (χ1n) is 4.19. The summed E-state index contributed by atoms with van der Waals surface area (Å²) in [6.07, 6.45) is -2.98. The molecule has 0 aliphatic heterocycles. The SMILES string of the molecule is OC(O)(O[SiH3])C(F)c1cc(F)c(F)c(F)c1F. The Labute approximate surface area is 95.0 Å². The van der Waals surface area contributed by atoms with E-state index in [1.165, 1.54) is 0 Å². The second-order valence-electron chi connectivity index (χ2n) is 3.11. The lowest BCUT2D eigenvalue weighted by Crippen LogP contribution is -2.37. The van der Waals surface area contributed by atoms with Crippen molar-refractivity contribution in [3.05, 3.63) is 34.9 Å². The minimum absolute atomic E-state index is 0.0137. The fraction of sp³-hybridized carbons (Fsp3) is 0.250. The Kier molecular flexibility index (Phi) is 3.87. The van der Waals surface area contributed by atoms with Crippen molar-refractivity contribution in [2.75, 3.05) is 0 Å². The molecule has 1 rings (SSSR count). The third-order valence-corrected chi connectivity index (χ3v) is 2.64. The molecular formula is C8H7F5O3Si. The van der Waals surface area contributed by atoms with Crippen molar-refractivity contribution in [1.82, 2.24) is 0 Å². The van der Waals surface area contributed by atoms with E-state index >= 15 is 0 Å². The molecule has 0 radical (unpaired) electrons. The maximum absolute atomic E-state index is 13.4. The van der Waals surface area contributed by atoms with Gasteiger partial charge in [-0.05, 0) is 6.07 Å². The van der Waals surface area contributed by atoms with Gasteiger partial charge in [-0.25, -0.2) is 22.0 Å². The van der Waals surface area contributed by atoms with E-state index in [1.54, 1.807) is 0 Å². The topological polar surface area (TPSA) is 49.7 Å². The van der Waals surface area contributed by atoms with E-state index < -0.39 is 41.0 Å². The molecule has 1 atom stereocenters. The summed E-state index contributed by atoms with van der Waals surface area (Å²) in [4.78, 5) is 0. The zero-order valence-corrected chi connectivity index (χ0v) is 10.3. The van der Waals surface area contributed by atoms with Gasteiger partial charge in [0.2, 0.25) is 6.17 Å². The maximum Gasteiger partial charge on any atom is 0.305 e. The molecule has 17 heavy (non-hydrogen) atoms. The summed E-state index contributed by atoms with van der Waals surface area (Å²) < 4.78 is 68.5. The van der Waals surface area contributed by atoms with Crippen molar-refractivity contribution < 1.29 is 36.6 Å². The molecule has 2 N–H and O–H groups in total. The molecule has 0 heterocycles. The van der Waals surface area contributed by atoms with Gasteiger partial charge in [0.25, 0.3) is 0 Å². The zero-order chi connectivity index (χ0) is 13.4. The molecule has 0 saturated heterocycles. The first-order chi connectivity index (χ1) is 7.72. The predicted molar refractivity (Wildman–Crippen MR) is 48.3 cm³/mol. The fourth-order valence-electron chi connectivity index (χ4n) is 1.08. The first kappa shape index (κ1) is 14.0. The van der Waals surface area contributed by atoms with Crippen molar-refractivity contribution >= 4 is 10.5 Å². The molecule has 0 saturated carbocycles. The Hall–Kier alpha value is -1.03. The Morgan fingerprint density at radius 2 is 1.65 bits per heavy atom. The number of halogens is 5. The molecule has 9 heteroatoms. The van der Waals surface area contributed by atoms with Crippen molar-refractivity contribution in [1.29, 1.82) is 0 Å². The van der Waals surface area contributed by atoms with Gasteiger partial charge in [-0.1, -0.05) is 0 Å². The summed E-state index contributed by atoms with van der Waals surface area (Å²) in [5.41, 5.74) is -1.39. The highest BCUT2D eigenvalue weighted by Crippen LogP contribution is 2.32. The van der Waals surface area contributed by atoms with Gasteiger partial charge in [0, 0.05) is 5.56 Å². The number of aliphatic hydroxyl groups is 2. The summed E-state index contributed by atoms with van der Waals surface area (Å²) in [5.74, 6) is -11.7. The molecular weight excluding hydrogens is 267 g/mol. The van der Waals surface area contributed by atoms with Crippen LogP contribution in [0.3, 0.4) is 0 Å². The third kappa shape index (κ3) is 2.46. The highest BCUT2D eigenvalue weighted by atomic mass is 28.2. The fourth-order valence-corrected chi connectivity index (χ4v) is 1.29. The quantitative estimate of drug-likeness (QED) is 0.272. The molecule has 1 aromatic rings. The molecule has 0 amide bonds. The molecule has 0 aliphatic rings. The van der Waals surface area contributed by atoms with Gasteiger partial charge in [0.1, 0.15) is 0 Å². The van der Waals surface area contributed by atoms with Crippen LogP contribution in [0.1, 0.15) is 11.7 Å². The molecule has 0 bridgehead atoms. The summed E-state index contributed by atoms with van der Waals surface area (Å²) in [7, 11) is -0.335. The Morgan fingerprint density at radius 1 is 1.12 bits per heavy atom. The van der Waals surface area contributed by atoms with Crippen LogP contribution in [0.2, 0.25) is 0 Å². The normalized spacial score (nSPS) is 14.1. The van der Waals surface area contributed by atoms with Crippen LogP contribution >= 0.6 is 0 Å². The second-order valence-corrected chi connectivity index (χ2v) is 3.52. The largest absolute Gasteiger partial charge is 0.378 e. The lowest BCUT2D eigenvalue weighted by Gasteiger charge is -2.24. The lowest BCUT2D eigenvalue weighted by atomic mass is 10.1. The number of benzene rings is 1. The van der Waals surface area contributed by atoms with Crippen LogP contribution in [0.4, 0.5) is 22.0 Å². The van der Waals surface area contributed by atoms with Gasteiger partial charge >= 0.3 is 5.97 Å². The summed E-state index contributed by atoms with van der Waals surface area (Å²) in [5, 5.41) is 17.8. The average molecular weight is 274 g/mol. The Morgan fingerprint density at radius 3 is 2.12 bits per heavy atom. The van der Waals surface area contributed by atoms with E-state index in [0.717, 1.165) is 0 Å². The van der Waals surface area contributed by atoms with Crippen LogP contribution < -0.4 is 0 Å². The van der Waals surface area contributed by atoms with Crippen molar-refractivity contribution in [3.63, 3.8) is 0 Å². The van der Waals surface area contributed by atoms with E-state index in [4.69, 9.17) is 10.2 Å². The summed E-state index contributed by atoms with van der Waals surface area (Å²) in [6, 6.07) is -0.0137. The van der Waals surface area contributed by atoms with Gasteiger partial charge in [-0.2, -0.15) is 0 Å². The van der Waals surface area contributed by atoms with E-state index in [1.807, 2.05) is 0 Å². The number of rotatable bonds is 3. The molecule has 1 unspecified atom stereocenters. The highest BCUT2D eigenvalue weighted by molar-refractivity contribution is 5.98. The maximum atomic E-state index is 13.4. The molecule has 96 valence electrons. The molecule has 0 fully saturated rings. The van der Waals surface area contributed by atoms with Crippen molar-refractivity contribution in [3.8, 4) is 0 Å². The van der Waals surface area contributed by atoms with Crippen LogP contribution in [-0.2, 0) is 4.43 Å². The van der Waals surface area contributed by atoms with E-state index in [0.29, 0.717) is 0 Å². The van der Waals surface area contributed by atoms with Crippen LogP contribution in [0.5, 0.6) is 0 Å².